The standard InChI is InChI=1S/C16H22N2O2/c1-3-5-7-15(8-6-4-2)16(19-11-12-20-16)13-18-10-9-17-14-18/h3-4,6-7,9-10,14H,1,5,8,11-13H2,2H3/b6-4-,15-7+. The van der Waals surface area contributed by atoms with E-state index in [4.69, 9.17) is 9.47 Å². The predicted octanol–water partition coefficient (Wildman–Crippen LogP) is 3.09. The summed E-state index contributed by atoms with van der Waals surface area (Å²) in [4.78, 5) is 4.08. The SMILES string of the molecule is C=CC/C=C(\C/C=C\C)C1(Cn2ccnc2)OCCO1. The lowest BCUT2D eigenvalue weighted by Gasteiger charge is -2.30. The molecule has 20 heavy (non-hydrogen) atoms. The first-order valence-corrected chi connectivity index (χ1v) is 6.96. The van der Waals surface area contributed by atoms with Gasteiger partial charge in [0.1, 0.15) is 0 Å². The van der Waals surface area contributed by atoms with E-state index in [0.29, 0.717) is 19.8 Å². The number of ether oxygens (including phenoxy) is 2. The molecule has 1 fully saturated rings. The molecule has 0 aromatic carbocycles. The highest BCUT2D eigenvalue weighted by Crippen LogP contribution is 2.32. The van der Waals surface area contributed by atoms with Gasteiger partial charge in [-0.1, -0.05) is 24.3 Å². The second kappa shape index (κ2) is 7.22. The molecular formula is C16H22N2O2. The molecule has 1 aromatic rings. The maximum Gasteiger partial charge on any atom is 0.209 e. The van der Waals surface area contributed by atoms with Crippen molar-refractivity contribution in [2.24, 2.45) is 0 Å². The molecular weight excluding hydrogens is 252 g/mol. The third-order valence-corrected chi connectivity index (χ3v) is 3.30. The van der Waals surface area contributed by atoms with E-state index in [2.05, 4.69) is 23.7 Å². The third-order valence-electron chi connectivity index (χ3n) is 3.30. The highest BCUT2D eigenvalue weighted by atomic mass is 16.7. The van der Waals surface area contributed by atoms with Crippen LogP contribution in [-0.4, -0.2) is 28.6 Å². The molecule has 0 N–H and O–H groups in total. The molecule has 1 aliphatic heterocycles. The van der Waals surface area contributed by atoms with Crippen LogP contribution in [0.4, 0.5) is 0 Å². The number of nitrogens with zero attached hydrogens (tertiary/aromatic N) is 2. The molecule has 0 bridgehead atoms. The monoisotopic (exact) mass is 274 g/mol. The molecule has 2 rings (SSSR count). The van der Waals surface area contributed by atoms with Crippen LogP contribution in [-0.2, 0) is 16.0 Å². The van der Waals surface area contributed by atoms with E-state index < -0.39 is 5.79 Å². The Morgan fingerprint density at radius 2 is 2.25 bits per heavy atom. The van der Waals surface area contributed by atoms with Crippen LogP contribution in [0.2, 0.25) is 0 Å². The molecule has 2 heterocycles. The summed E-state index contributed by atoms with van der Waals surface area (Å²) in [7, 11) is 0. The second-order valence-corrected chi connectivity index (χ2v) is 4.71. The molecule has 108 valence electrons. The molecule has 4 heteroatoms. The smallest absolute Gasteiger partial charge is 0.209 e. The Morgan fingerprint density at radius 1 is 1.45 bits per heavy atom. The van der Waals surface area contributed by atoms with Crippen molar-refractivity contribution in [3.63, 3.8) is 0 Å². The van der Waals surface area contributed by atoms with Gasteiger partial charge in [0.25, 0.3) is 0 Å². The van der Waals surface area contributed by atoms with Crippen LogP contribution in [0.1, 0.15) is 19.8 Å². The van der Waals surface area contributed by atoms with E-state index in [-0.39, 0.29) is 0 Å². The van der Waals surface area contributed by atoms with E-state index in [9.17, 15) is 0 Å². The quantitative estimate of drug-likeness (QED) is 0.717. The van der Waals surface area contributed by atoms with Crippen LogP contribution in [0.25, 0.3) is 0 Å². The first-order valence-electron chi connectivity index (χ1n) is 6.96. The van der Waals surface area contributed by atoms with Gasteiger partial charge in [0.15, 0.2) is 0 Å². The zero-order chi connectivity index (χ0) is 14.3. The van der Waals surface area contributed by atoms with Crippen LogP contribution in [0, 0.1) is 0 Å². The third kappa shape index (κ3) is 3.46. The van der Waals surface area contributed by atoms with Gasteiger partial charge >= 0.3 is 0 Å². The molecule has 1 saturated heterocycles. The van der Waals surface area contributed by atoms with Gasteiger partial charge < -0.3 is 14.0 Å². The van der Waals surface area contributed by atoms with Crippen molar-refractivity contribution in [2.45, 2.75) is 32.1 Å². The Morgan fingerprint density at radius 3 is 2.85 bits per heavy atom. The minimum absolute atomic E-state index is 0.619. The van der Waals surface area contributed by atoms with E-state index in [1.54, 1.807) is 12.5 Å². The van der Waals surface area contributed by atoms with Gasteiger partial charge in [0, 0.05) is 12.4 Å². The van der Waals surface area contributed by atoms with E-state index >= 15 is 0 Å². The van der Waals surface area contributed by atoms with Crippen molar-refractivity contribution in [2.75, 3.05) is 13.2 Å². The summed E-state index contributed by atoms with van der Waals surface area (Å²) in [5.74, 6) is -0.677. The zero-order valence-electron chi connectivity index (χ0n) is 12.0. The highest BCUT2D eigenvalue weighted by Gasteiger charge is 2.40. The first-order chi connectivity index (χ1) is 9.80. The highest BCUT2D eigenvalue weighted by molar-refractivity contribution is 5.19. The average Bonchev–Trinajstić information content (AvgIpc) is 3.12. The molecule has 0 spiro atoms. The van der Waals surface area contributed by atoms with Crippen molar-refractivity contribution in [1.29, 1.82) is 0 Å². The lowest BCUT2D eigenvalue weighted by molar-refractivity contribution is -0.137. The Bertz CT molecular complexity index is 469. The molecule has 0 atom stereocenters. The van der Waals surface area contributed by atoms with Gasteiger partial charge in [0.2, 0.25) is 5.79 Å². The number of hydrogen-bond donors (Lipinski definition) is 0. The lowest BCUT2D eigenvalue weighted by atomic mass is 10.00. The number of rotatable bonds is 7. The Kier molecular flexibility index (Phi) is 5.32. The Labute approximate surface area is 120 Å². The summed E-state index contributed by atoms with van der Waals surface area (Å²) in [5.41, 5.74) is 1.14. The molecule has 4 nitrogen and oxygen atoms in total. The second-order valence-electron chi connectivity index (χ2n) is 4.71. The topological polar surface area (TPSA) is 36.3 Å². The molecule has 1 aromatic heterocycles. The van der Waals surface area contributed by atoms with Crippen molar-refractivity contribution in [3.8, 4) is 0 Å². The van der Waals surface area contributed by atoms with Crippen molar-refractivity contribution in [3.05, 3.63) is 55.2 Å². The number of hydrogen-bond acceptors (Lipinski definition) is 3. The predicted molar refractivity (Wildman–Crippen MR) is 79.2 cm³/mol. The van der Waals surface area contributed by atoms with Gasteiger partial charge in [-0.05, 0) is 25.3 Å². The van der Waals surface area contributed by atoms with Gasteiger partial charge in [-0.25, -0.2) is 4.98 Å². The molecule has 0 amide bonds. The summed E-state index contributed by atoms with van der Waals surface area (Å²) in [6, 6.07) is 0. The molecule has 0 radical (unpaired) electrons. The first kappa shape index (κ1) is 14.8. The fourth-order valence-corrected chi connectivity index (χ4v) is 2.32. The van der Waals surface area contributed by atoms with Crippen molar-refractivity contribution in [1.82, 2.24) is 9.55 Å². The van der Waals surface area contributed by atoms with Crippen LogP contribution < -0.4 is 0 Å². The summed E-state index contributed by atoms with van der Waals surface area (Å²) in [6.45, 7) is 7.66. The van der Waals surface area contributed by atoms with Gasteiger partial charge in [0.05, 0.1) is 26.1 Å². The van der Waals surface area contributed by atoms with Crippen LogP contribution in [0.15, 0.2) is 55.2 Å². The molecule has 0 aliphatic carbocycles. The van der Waals surface area contributed by atoms with E-state index in [1.165, 1.54) is 0 Å². The minimum atomic E-state index is -0.677. The largest absolute Gasteiger partial charge is 0.342 e. The van der Waals surface area contributed by atoms with Gasteiger partial charge in [-0.15, -0.1) is 6.58 Å². The number of imidazole rings is 1. The number of allylic oxidation sites excluding steroid dienone is 4. The maximum absolute atomic E-state index is 5.96. The molecule has 0 saturated carbocycles. The Hall–Kier alpha value is -1.65. The fourth-order valence-electron chi connectivity index (χ4n) is 2.32. The fraction of sp³-hybridized carbons (Fsp3) is 0.438. The van der Waals surface area contributed by atoms with E-state index in [0.717, 1.165) is 18.4 Å². The van der Waals surface area contributed by atoms with Crippen molar-refractivity contribution >= 4 is 0 Å². The summed E-state index contributed by atoms with van der Waals surface area (Å²) < 4.78 is 13.9. The minimum Gasteiger partial charge on any atom is -0.342 e. The molecule has 0 unspecified atom stereocenters. The molecule has 1 aliphatic rings. The van der Waals surface area contributed by atoms with Gasteiger partial charge in [-0.2, -0.15) is 0 Å². The van der Waals surface area contributed by atoms with Crippen LogP contribution >= 0.6 is 0 Å². The van der Waals surface area contributed by atoms with E-state index in [1.807, 2.05) is 29.8 Å². The lowest BCUT2D eigenvalue weighted by Crippen LogP contribution is -2.37. The summed E-state index contributed by atoms with van der Waals surface area (Å²) >= 11 is 0. The van der Waals surface area contributed by atoms with Crippen LogP contribution in [0.5, 0.6) is 0 Å². The van der Waals surface area contributed by atoms with Crippen LogP contribution in [0.3, 0.4) is 0 Å². The maximum atomic E-state index is 5.96. The summed E-state index contributed by atoms with van der Waals surface area (Å²) in [6.07, 6.45) is 15.3. The van der Waals surface area contributed by atoms with Gasteiger partial charge in [-0.3, -0.25) is 0 Å². The zero-order valence-corrected chi connectivity index (χ0v) is 12.0. The normalized spacial score (nSPS) is 18.8. The average molecular weight is 274 g/mol. The van der Waals surface area contributed by atoms with Crippen molar-refractivity contribution < 1.29 is 9.47 Å². The summed E-state index contributed by atoms with van der Waals surface area (Å²) in [5, 5.41) is 0. The number of aromatic nitrogens is 2. The Balaban J connectivity index is 2.24.